The molecule has 2 aromatic heterocycles. The van der Waals surface area contributed by atoms with Gasteiger partial charge >= 0.3 is 0 Å². The summed E-state index contributed by atoms with van der Waals surface area (Å²) >= 11 is 0. The second-order valence-electron chi connectivity index (χ2n) is 12.2. The number of nitrogens with zero attached hydrogens (tertiary/aromatic N) is 5. The SMILES string of the molecule is CC(=O)c1ccccc1C(=O)N1CCC(C(=O)N2CCC(O)(Cn3cnc4c(ccn4C)c3=O)CC2)C(c2ccccc2)C1. The molecule has 2 amide bonds. The molecule has 0 radical (unpaired) electrons. The number of hydrogen-bond donors (Lipinski definition) is 1. The van der Waals surface area contributed by atoms with Crippen LogP contribution in [0.5, 0.6) is 0 Å². The van der Waals surface area contributed by atoms with Gasteiger partial charge in [0.1, 0.15) is 12.0 Å². The third-order valence-electron chi connectivity index (χ3n) is 9.30. The van der Waals surface area contributed by atoms with Gasteiger partial charge in [0.05, 0.1) is 23.1 Å². The van der Waals surface area contributed by atoms with E-state index in [0.29, 0.717) is 67.6 Å². The zero-order chi connectivity index (χ0) is 31.0. The van der Waals surface area contributed by atoms with Crippen LogP contribution in [0.2, 0.25) is 0 Å². The van der Waals surface area contributed by atoms with Crippen LogP contribution < -0.4 is 5.56 Å². The van der Waals surface area contributed by atoms with Crippen LogP contribution in [0.4, 0.5) is 0 Å². The number of likely N-dealkylation sites (tertiary alicyclic amines) is 2. The predicted molar refractivity (Wildman–Crippen MR) is 165 cm³/mol. The number of aliphatic hydroxyl groups is 1. The largest absolute Gasteiger partial charge is 0.388 e. The normalized spacial score (nSPS) is 20.1. The van der Waals surface area contributed by atoms with Crippen molar-refractivity contribution in [3.63, 3.8) is 0 Å². The van der Waals surface area contributed by atoms with Gasteiger partial charge in [-0.1, -0.05) is 48.5 Å². The van der Waals surface area contributed by atoms with Crippen molar-refractivity contribution in [3.8, 4) is 0 Å². The number of carbonyl (C=O) groups excluding carboxylic acids is 3. The molecule has 4 aromatic rings. The van der Waals surface area contributed by atoms with Crippen molar-refractivity contribution in [1.82, 2.24) is 23.9 Å². The Kier molecular flexibility index (Phi) is 7.94. The van der Waals surface area contributed by atoms with Gasteiger partial charge in [-0.05, 0) is 43.9 Å². The number of ketones is 1. The number of piperidine rings is 2. The van der Waals surface area contributed by atoms with Crippen molar-refractivity contribution in [2.24, 2.45) is 13.0 Å². The first-order chi connectivity index (χ1) is 21.1. The second kappa shape index (κ2) is 11.8. The third kappa shape index (κ3) is 5.57. The van der Waals surface area contributed by atoms with E-state index in [2.05, 4.69) is 4.98 Å². The van der Waals surface area contributed by atoms with Crippen LogP contribution in [-0.4, -0.2) is 78.4 Å². The summed E-state index contributed by atoms with van der Waals surface area (Å²) in [6.07, 6.45) is 4.44. The van der Waals surface area contributed by atoms with Crippen LogP contribution in [0, 0.1) is 5.92 Å². The molecule has 2 saturated heterocycles. The summed E-state index contributed by atoms with van der Waals surface area (Å²) in [5.41, 5.74) is 1.04. The average Bonchev–Trinajstić information content (AvgIpc) is 3.43. The van der Waals surface area contributed by atoms with Gasteiger partial charge in [-0.3, -0.25) is 23.7 Å². The maximum Gasteiger partial charge on any atom is 0.262 e. The topological polar surface area (TPSA) is 118 Å². The highest BCUT2D eigenvalue weighted by Crippen LogP contribution is 2.36. The molecule has 0 spiro atoms. The molecule has 4 heterocycles. The Hall–Kier alpha value is -4.57. The molecule has 2 aliphatic heterocycles. The van der Waals surface area contributed by atoms with Crippen molar-refractivity contribution in [1.29, 1.82) is 0 Å². The van der Waals surface area contributed by atoms with Crippen molar-refractivity contribution in [3.05, 3.63) is 100 Å². The van der Waals surface area contributed by atoms with Gasteiger partial charge < -0.3 is 19.5 Å². The Labute approximate surface area is 255 Å². The lowest BCUT2D eigenvalue weighted by Crippen LogP contribution is -2.53. The Balaban J connectivity index is 1.17. The minimum absolute atomic E-state index is 0.0154. The summed E-state index contributed by atoms with van der Waals surface area (Å²) in [5, 5.41) is 11.9. The van der Waals surface area contributed by atoms with Gasteiger partial charge in [-0.15, -0.1) is 0 Å². The molecular weight excluding hydrogens is 558 g/mol. The van der Waals surface area contributed by atoms with E-state index >= 15 is 0 Å². The summed E-state index contributed by atoms with van der Waals surface area (Å²) in [6, 6.07) is 18.4. The Morgan fingerprint density at radius 1 is 0.932 bits per heavy atom. The van der Waals surface area contributed by atoms with Crippen molar-refractivity contribution in [2.45, 2.75) is 44.2 Å². The lowest BCUT2D eigenvalue weighted by atomic mass is 9.79. The number of amides is 2. The average molecular weight is 596 g/mol. The van der Waals surface area contributed by atoms with E-state index in [-0.39, 0.29) is 41.5 Å². The zero-order valence-corrected chi connectivity index (χ0v) is 25.1. The fourth-order valence-electron chi connectivity index (χ4n) is 6.76. The maximum absolute atomic E-state index is 14.0. The Morgan fingerprint density at radius 3 is 2.32 bits per heavy atom. The molecule has 2 fully saturated rings. The monoisotopic (exact) mass is 595 g/mol. The fraction of sp³-hybridized carbons (Fsp3) is 0.382. The highest BCUT2D eigenvalue weighted by molar-refractivity contribution is 6.07. The number of benzene rings is 2. The van der Waals surface area contributed by atoms with Crippen LogP contribution in [-0.2, 0) is 18.4 Å². The molecule has 2 aromatic carbocycles. The third-order valence-corrected chi connectivity index (χ3v) is 9.30. The Morgan fingerprint density at radius 2 is 1.61 bits per heavy atom. The molecule has 1 N–H and O–H groups in total. The number of aryl methyl sites for hydroxylation is 1. The molecule has 6 rings (SSSR count). The minimum atomic E-state index is -1.14. The van der Waals surface area contributed by atoms with Gasteiger partial charge in [-0.25, -0.2) is 4.98 Å². The molecule has 0 aliphatic carbocycles. The lowest BCUT2D eigenvalue weighted by molar-refractivity contribution is -0.142. The highest BCUT2D eigenvalue weighted by Gasteiger charge is 2.42. The maximum atomic E-state index is 14.0. The van der Waals surface area contributed by atoms with Crippen LogP contribution >= 0.6 is 0 Å². The fourth-order valence-corrected chi connectivity index (χ4v) is 6.76. The predicted octanol–water partition coefficient (Wildman–Crippen LogP) is 3.24. The van der Waals surface area contributed by atoms with Crippen molar-refractivity contribution in [2.75, 3.05) is 26.2 Å². The van der Waals surface area contributed by atoms with Crippen molar-refractivity contribution >= 4 is 28.6 Å². The summed E-state index contributed by atoms with van der Waals surface area (Å²) in [7, 11) is 1.83. The van der Waals surface area contributed by atoms with Crippen LogP contribution in [0.25, 0.3) is 11.0 Å². The van der Waals surface area contributed by atoms with Gasteiger partial charge in [0, 0.05) is 56.8 Å². The minimum Gasteiger partial charge on any atom is -0.388 e. The molecule has 44 heavy (non-hydrogen) atoms. The van der Waals surface area contributed by atoms with E-state index in [0.717, 1.165) is 5.56 Å². The van der Waals surface area contributed by atoms with Crippen LogP contribution in [0.3, 0.4) is 0 Å². The molecule has 0 saturated carbocycles. The number of aromatic nitrogens is 3. The van der Waals surface area contributed by atoms with Gasteiger partial charge in [0.25, 0.3) is 11.5 Å². The standard InChI is InChI=1S/C34H37N5O5/c1-23(40)25-10-6-7-11-26(25)32(42)38-17-13-27(29(20-38)24-8-4-3-5-9-24)31(41)37-18-14-34(44,15-19-37)21-39-22-35-30-28(33(39)43)12-16-36(30)2/h3-12,16,22,27,29,44H,13-15,17-21H2,1-2H3. The number of rotatable bonds is 6. The van der Waals surface area contributed by atoms with E-state index in [1.165, 1.54) is 17.8 Å². The van der Waals surface area contributed by atoms with E-state index in [9.17, 15) is 24.3 Å². The first-order valence-electron chi connectivity index (χ1n) is 15.1. The number of carbonyl (C=O) groups is 3. The molecule has 0 bridgehead atoms. The number of fused-ring (bicyclic) bond motifs is 1. The summed E-state index contributed by atoms with van der Waals surface area (Å²) in [5.74, 6) is -0.895. The summed E-state index contributed by atoms with van der Waals surface area (Å²) in [6.45, 7) is 3.08. The van der Waals surface area contributed by atoms with E-state index < -0.39 is 5.60 Å². The van der Waals surface area contributed by atoms with Gasteiger partial charge in [-0.2, -0.15) is 0 Å². The van der Waals surface area contributed by atoms with E-state index in [1.54, 1.807) is 46.0 Å². The van der Waals surface area contributed by atoms with Gasteiger partial charge in [0.15, 0.2) is 5.78 Å². The summed E-state index contributed by atoms with van der Waals surface area (Å²) in [4.78, 5) is 60.8. The zero-order valence-electron chi connectivity index (χ0n) is 25.1. The smallest absolute Gasteiger partial charge is 0.262 e. The highest BCUT2D eigenvalue weighted by atomic mass is 16.3. The molecule has 228 valence electrons. The van der Waals surface area contributed by atoms with E-state index in [1.807, 2.05) is 42.3 Å². The molecule has 10 nitrogen and oxygen atoms in total. The first-order valence-corrected chi connectivity index (χ1v) is 15.1. The van der Waals surface area contributed by atoms with Crippen LogP contribution in [0.1, 0.15) is 58.4 Å². The number of Topliss-reactive ketones (excluding diaryl/α,β-unsaturated/α-hetero) is 1. The Bertz CT molecular complexity index is 1770. The molecular formula is C34H37N5O5. The molecule has 2 atom stereocenters. The molecule has 2 aliphatic rings. The summed E-state index contributed by atoms with van der Waals surface area (Å²) < 4.78 is 3.25. The van der Waals surface area contributed by atoms with Gasteiger partial charge in [0.2, 0.25) is 5.91 Å². The quantitative estimate of drug-likeness (QED) is 0.342. The first kappa shape index (κ1) is 29.5. The van der Waals surface area contributed by atoms with Crippen molar-refractivity contribution < 1.29 is 19.5 Å². The number of hydrogen-bond acceptors (Lipinski definition) is 6. The molecule has 2 unspecified atom stereocenters. The van der Waals surface area contributed by atoms with Crippen LogP contribution in [0.15, 0.2) is 78.0 Å². The lowest BCUT2D eigenvalue weighted by Gasteiger charge is -2.43. The van der Waals surface area contributed by atoms with E-state index in [4.69, 9.17) is 0 Å². The molecule has 10 heteroatoms. The second-order valence-corrected chi connectivity index (χ2v) is 12.2.